The smallest absolute Gasteiger partial charge is 0.258 e. The van der Waals surface area contributed by atoms with Crippen LogP contribution in [0.2, 0.25) is 15.1 Å². The Kier molecular flexibility index (Phi) is 4.97. The van der Waals surface area contributed by atoms with Gasteiger partial charge in [0.15, 0.2) is 0 Å². The fourth-order valence-electron chi connectivity index (χ4n) is 1.64. The highest BCUT2D eigenvalue weighted by molar-refractivity contribution is 9.10. The number of carbonyl (C=O) groups excluding carboxylic acids is 1. The summed E-state index contributed by atoms with van der Waals surface area (Å²) in [7, 11) is 0. The van der Waals surface area contributed by atoms with Crippen molar-refractivity contribution in [3.63, 3.8) is 0 Å². The molecular weight excluding hydrogens is 384 g/mol. The van der Waals surface area contributed by atoms with Crippen LogP contribution in [0.1, 0.15) is 15.9 Å². The van der Waals surface area contributed by atoms with E-state index >= 15 is 0 Å². The van der Waals surface area contributed by atoms with Gasteiger partial charge in [0.25, 0.3) is 5.91 Å². The molecule has 0 heterocycles. The molecule has 1 amide bonds. The van der Waals surface area contributed by atoms with E-state index in [0.29, 0.717) is 20.8 Å². The maximum atomic E-state index is 12.3. The molecule has 1 N–H and O–H groups in total. The Labute approximate surface area is 140 Å². The number of hydrogen-bond acceptors (Lipinski definition) is 1. The molecule has 0 saturated heterocycles. The lowest BCUT2D eigenvalue weighted by Gasteiger charge is -2.11. The minimum Gasteiger partial charge on any atom is -0.321 e. The van der Waals surface area contributed by atoms with Crippen LogP contribution in [0.4, 0.5) is 5.69 Å². The second-order valence-electron chi connectivity index (χ2n) is 4.13. The first-order valence-electron chi connectivity index (χ1n) is 5.61. The van der Waals surface area contributed by atoms with Crippen LogP contribution >= 0.6 is 50.7 Å². The number of aryl methyl sites for hydroxylation is 1. The minimum atomic E-state index is -0.388. The summed E-state index contributed by atoms with van der Waals surface area (Å²) >= 11 is 21.4. The lowest BCUT2D eigenvalue weighted by atomic mass is 10.2. The standard InChI is InChI=1S/C14H9BrCl3NO/c1-7-5-8(15)12(6-11(7)18)19-14(20)13-9(16)3-2-4-10(13)17/h2-6H,1H3,(H,19,20). The molecule has 0 atom stereocenters. The molecule has 0 aliphatic carbocycles. The summed E-state index contributed by atoms with van der Waals surface area (Å²) in [4.78, 5) is 12.3. The van der Waals surface area contributed by atoms with Gasteiger partial charge < -0.3 is 5.32 Å². The molecule has 0 aliphatic heterocycles. The van der Waals surface area contributed by atoms with E-state index in [1.165, 1.54) is 0 Å². The van der Waals surface area contributed by atoms with Gasteiger partial charge in [0.05, 0.1) is 21.3 Å². The average molecular weight is 393 g/mol. The van der Waals surface area contributed by atoms with Crippen LogP contribution in [-0.2, 0) is 0 Å². The Hall–Kier alpha value is -0.740. The van der Waals surface area contributed by atoms with Gasteiger partial charge in [-0.25, -0.2) is 0 Å². The van der Waals surface area contributed by atoms with Gasteiger partial charge in [-0.2, -0.15) is 0 Å². The number of carbonyl (C=O) groups is 1. The zero-order chi connectivity index (χ0) is 14.9. The van der Waals surface area contributed by atoms with Crippen LogP contribution in [0.3, 0.4) is 0 Å². The Morgan fingerprint density at radius 2 is 1.70 bits per heavy atom. The molecule has 2 nitrogen and oxygen atoms in total. The number of rotatable bonds is 2. The van der Waals surface area contributed by atoms with E-state index in [9.17, 15) is 4.79 Å². The zero-order valence-corrected chi connectivity index (χ0v) is 14.2. The first-order valence-corrected chi connectivity index (χ1v) is 7.54. The number of nitrogens with one attached hydrogen (secondary N) is 1. The van der Waals surface area contributed by atoms with Gasteiger partial charge in [0.1, 0.15) is 0 Å². The minimum absolute atomic E-state index is 0.236. The summed E-state index contributed by atoms with van der Waals surface area (Å²) in [6.07, 6.45) is 0. The Balaban J connectivity index is 2.35. The average Bonchev–Trinajstić information content (AvgIpc) is 2.35. The van der Waals surface area contributed by atoms with Crippen LogP contribution in [0.15, 0.2) is 34.8 Å². The molecule has 0 radical (unpaired) electrons. The molecule has 0 fully saturated rings. The predicted octanol–water partition coefficient (Wildman–Crippen LogP) is 5.97. The van der Waals surface area contributed by atoms with Gasteiger partial charge in [0, 0.05) is 9.50 Å². The third kappa shape index (κ3) is 3.29. The van der Waals surface area contributed by atoms with Crippen molar-refractivity contribution < 1.29 is 4.79 Å². The molecule has 2 aromatic rings. The van der Waals surface area contributed by atoms with Crippen LogP contribution in [-0.4, -0.2) is 5.91 Å². The topological polar surface area (TPSA) is 29.1 Å². The van der Waals surface area contributed by atoms with Crippen molar-refractivity contribution in [3.05, 3.63) is 61.0 Å². The van der Waals surface area contributed by atoms with Crippen molar-refractivity contribution in [2.24, 2.45) is 0 Å². The third-order valence-corrected chi connectivity index (χ3v) is 4.38. The van der Waals surface area contributed by atoms with Gasteiger partial charge in [-0.05, 0) is 52.7 Å². The Bertz CT molecular complexity index is 668. The van der Waals surface area contributed by atoms with Crippen molar-refractivity contribution >= 4 is 62.3 Å². The van der Waals surface area contributed by atoms with Gasteiger partial charge in [-0.1, -0.05) is 40.9 Å². The van der Waals surface area contributed by atoms with Crippen LogP contribution in [0.5, 0.6) is 0 Å². The number of hydrogen-bond donors (Lipinski definition) is 1. The van der Waals surface area contributed by atoms with Gasteiger partial charge in [-0.3, -0.25) is 4.79 Å². The fraction of sp³-hybridized carbons (Fsp3) is 0.0714. The molecule has 104 valence electrons. The van der Waals surface area contributed by atoms with Crippen molar-refractivity contribution in [2.45, 2.75) is 6.92 Å². The van der Waals surface area contributed by atoms with Crippen molar-refractivity contribution in [1.29, 1.82) is 0 Å². The molecule has 6 heteroatoms. The number of halogens is 4. The summed E-state index contributed by atoms with van der Waals surface area (Å²) in [5.74, 6) is -0.388. The monoisotopic (exact) mass is 391 g/mol. The molecule has 2 aromatic carbocycles. The largest absolute Gasteiger partial charge is 0.321 e. The maximum Gasteiger partial charge on any atom is 0.258 e. The van der Waals surface area contributed by atoms with Crippen LogP contribution in [0.25, 0.3) is 0 Å². The molecule has 0 saturated carbocycles. The first-order chi connectivity index (χ1) is 9.40. The van der Waals surface area contributed by atoms with Crippen LogP contribution in [0, 0.1) is 6.92 Å². The SMILES string of the molecule is Cc1cc(Br)c(NC(=O)c2c(Cl)cccc2Cl)cc1Cl. The van der Waals surface area contributed by atoms with Gasteiger partial charge in [-0.15, -0.1) is 0 Å². The van der Waals surface area contributed by atoms with E-state index in [0.717, 1.165) is 10.0 Å². The van der Waals surface area contributed by atoms with Gasteiger partial charge in [0.2, 0.25) is 0 Å². The number of anilines is 1. The zero-order valence-electron chi connectivity index (χ0n) is 10.3. The second kappa shape index (κ2) is 6.35. The predicted molar refractivity (Wildman–Crippen MR) is 88.3 cm³/mol. The molecule has 0 aliphatic rings. The molecule has 2 rings (SSSR count). The quantitative estimate of drug-likeness (QED) is 0.669. The van der Waals surface area contributed by atoms with E-state index in [1.807, 2.05) is 13.0 Å². The normalized spacial score (nSPS) is 10.4. The summed E-state index contributed by atoms with van der Waals surface area (Å²) in [6, 6.07) is 8.40. The lowest BCUT2D eigenvalue weighted by molar-refractivity contribution is 0.102. The van der Waals surface area contributed by atoms with E-state index in [4.69, 9.17) is 34.8 Å². The molecule has 0 unspecified atom stereocenters. The van der Waals surface area contributed by atoms with E-state index in [-0.39, 0.29) is 11.5 Å². The first kappa shape index (κ1) is 15.6. The van der Waals surface area contributed by atoms with Crippen molar-refractivity contribution in [1.82, 2.24) is 0 Å². The molecule has 0 spiro atoms. The lowest BCUT2D eigenvalue weighted by Crippen LogP contribution is -2.13. The highest BCUT2D eigenvalue weighted by Gasteiger charge is 2.16. The second-order valence-corrected chi connectivity index (χ2v) is 6.21. The van der Waals surface area contributed by atoms with Crippen molar-refractivity contribution in [2.75, 3.05) is 5.32 Å². The summed E-state index contributed by atoms with van der Waals surface area (Å²) in [6.45, 7) is 1.88. The highest BCUT2D eigenvalue weighted by Crippen LogP contribution is 2.31. The Morgan fingerprint density at radius 3 is 2.30 bits per heavy atom. The third-order valence-electron chi connectivity index (χ3n) is 2.69. The van der Waals surface area contributed by atoms with E-state index in [1.54, 1.807) is 24.3 Å². The highest BCUT2D eigenvalue weighted by atomic mass is 79.9. The van der Waals surface area contributed by atoms with E-state index in [2.05, 4.69) is 21.2 Å². The maximum absolute atomic E-state index is 12.3. The molecule has 0 bridgehead atoms. The molecular formula is C14H9BrCl3NO. The van der Waals surface area contributed by atoms with Crippen molar-refractivity contribution in [3.8, 4) is 0 Å². The molecule has 0 aromatic heterocycles. The molecule has 20 heavy (non-hydrogen) atoms. The summed E-state index contributed by atoms with van der Waals surface area (Å²) in [5.41, 5.74) is 1.70. The fourth-order valence-corrected chi connectivity index (χ4v) is 2.93. The van der Waals surface area contributed by atoms with Gasteiger partial charge >= 0.3 is 0 Å². The summed E-state index contributed by atoms with van der Waals surface area (Å²) < 4.78 is 0.732. The number of benzene rings is 2. The number of amides is 1. The van der Waals surface area contributed by atoms with E-state index < -0.39 is 0 Å². The Morgan fingerprint density at radius 1 is 1.10 bits per heavy atom. The summed E-state index contributed by atoms with van der Waals surface area (Å²) in [5, 5.41) is 3.89. The van der Waals surface area contributed by atoms with Crippen LogP contribution < -0.4 is 5.32 Å².